The Hall–Kier alpha value is -1.97. The molecule has 0 unspecified atom stereocenters. The summed E-state index contributed by atoms with van der Waals surface area (Å²) in [6, 6.07) is 7.82. The Morgan fingerprint density at radius 3 is 2.84 bits per heavy atom. The number of aromatic nitrogens is 2. The van der Waals surface area contributed by atoms with Crippen molar-refractivity contribution in [2.75, 3.05) is 7.11 Å². The van der Waals surface area contributed by atoms with Crippen LogP contribution in [0.15, 0.2) is 36.7 Å². The summed E-state index contributed by atoms with van der Waals surface area (Å²) in [6.07, 6.45) is 8.92. The van der Waals surface area contributed by atoms with E-state index in [-0.39, 0.29) is 0 Å². The Bertz CT molecular complexity index is 545. The maximum atomic E-state index is 5.92. The number of rotatable bonds is 4. The van der Waals surface area contributed by atoms with Gasteiger partial charge in [0.1, 0.15) is 5.75 Å². The maximum Gasteiger partial charge on any atom is 0.158 e. The Labute approximate surface area is 113 Å². The molecule has 19 heavy (non-hydrogen) atoms. The lowest BCUT2D eigenvalue weighted by atomic mass is 10.3. The number of benzene rings is 1. The molecule has 0 aliphatic heterocycles. The number of hydrogen-bond acceptors (Lipinski definition) is 3. The van der Waals surface area contributed by atoms with Crippen LogP contribution < -0.4 is 9.47 Å². The zero-order chi connectivity index (χ0) is 13.1. The molecule has 4 heteroatoms. The zero-order valence-corrected chi connectivity index (χ0v) is 11.1. The van der Waals surface area contributed by atoms with E-state index in [1.54, 1.807) is 13.3 Å². The fraction of sp³-hybridized carbons (Fsp3) is 0.400. The van der Waals surface area contributed by atoms with Crippen LogP contribution in [0.5, 0.6) is 11.5 Å². The van der Waals surface area contributed by atoms with E-state index in [0.717, 1.165) is 30.0 Å². The summed E-state index contributed by atoms with van der Waals surface area (Å²) in [7, 11) is 1.66. The van der Waals surface area contributed by atoms with E-state index in [0.29, 0.717) is 6.10 Å². The van der Waals surface area contributed by atoms with Gasteiger partial charge < -0.3 is 9.47 Å². The van der Waals surface area contributed by atoms with Crippen molar-refractivity contribution >= 4 is 0 Å². The quantitative estimate of drug-likeness (QED) is 0.845. The molecule has 0 N–H and O–H groups in total. The first-order valence-electron chi connectivity index (χ1n) is 6.71. The minimum Gasteiger partial charge on any atom is -0.497 e. The van der Waals surface area contributed by atoms with Gasteiger partial charge in [0, 0.05) is 6.07 Å². The smallest absolute Gasteiger partial charge is 0.158 e. The van der Waals surface area contributed by atoms with Crippen molar-refractivity contribution in [3.05, 3.63) is 36.7 Å². The fourth-order valence-electron chi connectivity index (χ4n) is 2.46. The van der Waals surface area contributed by atoms with Gasteiger partial charge in [0.05, 0.1) is 31.3 Å². The van der Waals surface area contributed by atoms with Crippen LogP contribution in [0.1, 0.15) is 25.7 Å². The summed E-state index contributed by atoms with van der Waals surface area (Å²) in [4.78, 5) is 0. The Morgan fingerprint density at radius 1 is 1.21 bits per heavy atom. The molecule has 0 saturated heterocycles. The molecule has 1 fully saturated rings. The Morgan fingerprint density at radius 2 is 2.05 bits per heavy atom. The first kappa shape index (κ1) is 12.1. The number of nitrogens with zero attached hydrogens (tertiary/aromatic N) is 2. The second-order valence-corrected chi connectivity index (χ2v) is 4.85. The lowest BCUT2D eigenvalue weighted by Gasteiger charge is -2.10. The van der Waals surface area contributed by atoms with E-state index in [1.807, 2.05) is 35.1 Å². The molecule has 0 spiro atoms. The first-order chi connectivity index (χ1) is 9.35. The number of ether oxygens (including phenoxy) is 2. The van der Waals surface area contributed by atoms with E-state index in [1.165, 1.54) is 12.8 Å². The van der Waals surface area contributed by atoms with E-state index in [4.69, 9.17) is 9.47 Å². The third kappa shape index (κ3) is 2.72. The van der Waals surface area contributed by atoms with Crippen molar-refractivity contribution in [3.63, 3.8) is 0 Å². The van der Waals surface area contributed by atoms with Crippen LogP contribution in [0.4, 0.5) is 0 Å². The highest BCUT2D eigenvalue weighted by Crippen LogP contribution is 2.24. The van der Waals surface area contributed by atoms with Gasteiger partial charge in [-0.1, -0.05) is 6.07 Å². The number of methoxy groups -OCH3 is 1. The second kappa shape index (κ2) is 5.34. The average molecular weight is 258 g/mol. The maximum absolute atomic E-state index is 5.92. The molecule has 4 nitrogen and oxygen atoms in total. The van der Waals surface area contributed by atoms with Gasteiger partial charge in [-0.2, -0.15) is 5.10 Å². The molecule has 100 valence electrons. The fourth-order valence-corrected chi connectivity index (χ4v) is 2.46. The van der Waals surface area contributed by atoms with Gasteiger partial charge in [0.15, 0.2) is 5.75 Å². The van der Waals surface area contributed by atoms with E-state index >= 15 is 0 Å². The number of hydrogen-bond donors (Lipinski definition) is 0. The Balaban J connectivity index is 1.76. The zero-order valence-electron chi connectivity index (χ0n) is 11.1. The van der Waals surface area contributed by atoms with Crippen molar-refractivity contribution in [2.45, 2.75) is 31.8 Å². The van der Waals surface area contributed by atoms with Crippen molar-refractivity contribution in [3.8, 4) is 17.2 Å². The minimum absolute atomic E-state index is 0.364. The molecule has 1 saturated carbocycles. The van der Waals surface area contributed by atoms with Crippen molar-refractivity contribution in [1.29, 1.82) is 0 Å². The molecule has 1 aliphatic rings. The highest BCUT2D eigenvalue weighted by Gasteiger charge is 2.17. The van der Waals surface area contributed by atoms with Crippen molar-refractivity contribution in [2.24, 2.45) is 0 Å². The monoisotopic (exact) mass is 258 g/mol. The van der Waals surface area contributed by atoms with E-state index < -0.39 is 0 Å². The first-order valence-corrected chi connectivity index (χ1v) is 6.71. The van der Waals surface area contributed by atoms with Crippen LogP contribution in [0, 0.1) is 0 Å². The third-order valence-electron chi connectivity index (χ3n) is 3.48. The molecule has 0 atom stereocenters. The van der Waals surface area contributed by atoms with Crippen LogP contribution in [-0.2, 0) is 0 Å². The summed E-state index contributed by atoms with van der Waals surface area (Å²) in [6.45, 7) is 0. The van der Waals surface area contributed by atoms with Crippen LogP contribution in [0.3, 0.4) is 0 Å². The van der Waals surface area contributed by atoms with E-state index in [2.05, 4.69) is 5.10 Å². The summed E-state index contributed by atoms with van der Waals surface area (Å²) in [5.41, 5.74) is 0.973. The molecule has 0 radical (unpaired) electrons. The standard InChI is InChI=1S/C15H18N2O2/c1-18-14-8-4-5-12(9-14)17-11-15(10-16-17)19-13-6-2-3-7-13/h4-5,8-11,13H,2-3,6-7H2,1H3. The minimum atomic E-state index is 0.364. The Kier molecular flexibility index (Phi) is 3.40. The topological polar surface area (TPSA) is 36.3 Å². The normalized spacial score (nSPS) is 15.6. The average Bonchev–Trinajstić information content (AvgIpc) is 3.11. The van der Waals surface area contributed by atoms with Gasteiger partial charge in [-0.3, -0.25) is 0 Å². The second-order valence-electron chi connectivity index (χ2n) is 4.85. The van der Waals surface area contributed by atoms with Gasteiger partial charge >= 0.3 is 0 Å². The van der Waals surface area contributed by atoms with Crippen LogP contribution in [0.25, 0.3) is 5.69 Å². The molecular formula is C15H18N2O2. The largest absolute Gasteiger partial charge is 0.497 e. The summed E-state index contributed by atoms with van der Waals surface area (Å²) in [5.74, 6) is 1.67. The van der Waals surface area contributed by atoms with Gasteiger partial charge in [0.2, 0.25) is 0 Å². The van der Waals surface area contributed by atoms with Crippen LogP contribution >= 0.6 is 0 Å². The third-order valence-corrected chi connectivity index (χ3v) is 3.48. The highest BCUT2D eigenvalue weighted by molar-refractivity contribution is 5.39. The van der Waals surface area contributed by atoms with Crippen molar-refractivity contribution in [1.82, 2.24) is 9.78 Å². The van der Waals surface area contributed by atoms with Gasteiger partial charge in [0.25, 0.3) is 0 Å². The predicted octanol–water partition coefficient (Wildman–Crippen LogP) is 3.20. The summed E-state index contributed by atoms with van der Waals surface area (Å²) < 4.78 is 13.0. The van der Waals surface area contributed by atoms with Crippen LogP contribution in [-0.4, -0.2) is 23.0 Å². The van der Waals surface area contributed by atoms with Gasteiger partial charge in [-0.25, -0.2) is 4.68 Å². The van der Waals surface area contributed by atoms with Gasteiger partial charge in [-0.15, -0.1) is 0 Å². The van der Waals surface area contributed by atoms with Gasteiger partial charge in [-0.05, 0) is 37.8 Å². The molecular weight excluding hydrogens is 240 g/mol. The molecule has 0 amide bonds. The molecule has 2 aromatic rings. The molecule has 1 heterocycles. The summed E-state index contributed by atoms with van der Waals surface area (Å²) in [5, 5.41) is 4.34. The highest BCUT2D eigenvalue weighted by atomic mass is 16.5. The molecule has 1 aromatic heterocycles. The molecule has 1 aromatic carbocycles. The predicted molar refractivity (Wildman–Crippen MR) is 73.0 cm³/mol. The van der Waals surface area contributed by atoms with Crippen LogP contribution in [0.2, 0.25) is 0 Å². The lowest BCUT2D eigenvalue weighted by Crippen LogP contribution is -2.10. The molecule has 3 rings (SSSR count). The summed E-state index contributed by atoms with van der Waals surface area (Å²) >= 11 is 0. The lowest BCUT2D eigenvalue weighted by molar-refractivity contribution is 0.210. The molecule has 0 bridgehead atoms. The SMILES string of the molecule is COc1cccc(-n2cc(OC3CCCC3)cn2)c1. The van der Waals surface area contributed by atoms with E-state index in [9.17, 15) is 0 Å². The molecule has 1 aliphatic carbocycles. The van der Waals surface area contributed by atoms with Crippen molar-refractivity contribution < 1.29 is 9.47 Å².